The Morgan fingerprint density at radius 3 is 2.12 bits per heavy atom. The lowest BCUT2D eigenvalue weighted by molar-refractivity contribution is 0.112. The van der Waals surface area contributed by atoms with Gasteiger partial charge in [0.1, 0.15) is 5.56 Å². The number of aromatic nitrogens is 2. The SMILES string of the molecule is CC(C)(C)c1ccc(-c2[nH]n(-c3ccccc3)c(=O)c2C=O)cc1. The van der Waals surface area contributed by atoms with Crippen LogP contribution in [0.2, 0.25) is 0 Å². The molecule has 0 aliphatic carbocycles. The van der Waals surface area contributed by atoms with Crippen molar-refractivity contribution in [3.05, 3.63) is 76.1 Å². The molecule has 3 rings (SSSR count). The quantitative estimate of drug-likeness (QED) is 0.743. The van der Waals surface area contributed by atoms with Crippen molar-refractivity contribution in [2.24, 2.45) is 0 Å². The van der Waals surface area contributed by atoms with Crippen LogP contribution in [0.1, 0.15) is 36.7 Å². The molecule has 1 N–H and O–H groups in total. The molecule has 0 atom stereocenters. The molecule has 0 aliphatic heterocycles. The third-order valence-electron chi connectivity index (χ3n) is 4.10. The molecule has 4 heteroatoms. The second-order valence-electron chi connectivity index (χ2n) is 6.82. The van der Waals surface area contributed by atoms with Crippen LogP contribution in [0.3, 0.4) is 0 Å². The van der Waals surface area contributed by atoms with E-state index in [2.05, 4.69) is 25.9 Å². The van der Waals surface area contributed by atoms with Gasteiger partial charge in [-0.3, -0.25) is 14.7 Å². The van der Waals surface area contributed by atoms with Crippen LogP contribution >= 0.6 is 0 Å². The van der Waals surface area contributed by atoms with Crippen molar-refractivity contribution in [1.29, 1.82) is 0 Å². The average molecular weight is 320 g/mol. The highest BCUT2D eigenvalue weighted by Gasteiger charge is 2.18. The Balaban J connectivity index is 2.12. The van der Waals surface area contributed by atoms with Gasteiger partial charge in [0.05, 0.1) is 11.4 Å². The minimum atomic E-state index is -0.342. The first-order chi connectivity index (χ1) is 11.4. The fourth-order valence-electron chi connectivity index (χ4n) is 2.68. The van der Waals surface area contributed by atoms with Crippen LogP contribution in [0.4, 0.5) is 0 Å². The molecule has 4 nitrogen and oxygen atoms in total. The lowest BCUT2D eigenvalue weighted by atomic mass is 9.86. The van der Waals surface area contributed by atoms with Gasteiger partial charge in [0.15, 0.2) is 6.29 Å². The second-order valence-corrected chi connectivity index (χ2v) is 6.82. The van der Waals surface area contributed by atoms with Crippen LogP contribution in [-0.2, 0) is 5.41 Å². The van der Waals surface area contributed by atoms with Gasteiger partial charge < -0.3 is 0 Å². The molecule has 0 aliphatic rings. The van der Waals surface area contributed by atoms with Gasteiger partial charge in [-0.2, -0.15) is 0 Å². The van der Waals surface area contributed by atoms with Crippen molar-refractivity contribution in [3.8, 4) is 16.9 Å². The number of benzene rings is 2. The van der Waals surface area contributed by atoms with Gasteiger partial charge in [0, 0.05) is 5.56 Å². The van der Waals surface area contributed by atoms with Crippen LogP contribution in [0, 0.1) is 0 Å². The summed E-state index contributed by atoms with van der Waals surface area (Å²) >= 11 is 0. The molecule has 2 aromatic carbocycles. The van der Waals surface area contributed by atoms with Gasteiger partial charge >= 0.3 is 0 Å². The Morgan fingerprint density at radius 1 is 0.958 bits per heavy atom. The average Bonchev–Trinajstić information content (AvgIpc) is 2.91. The second kappa shape index (κ2) is 5.96. The number of hydrogen-bond acceptors (Lipinski definition) is 2. The van der Waals surface area contributed by atoms with Crippen LogP contribution in [0.25, 0.3) is 16.9 Å². The van der Waals surface area contributed by atoms with Crippen molar-refractivity contribution >= 4 is 6.29 Å². The maximum atomic E-state index is 12.5. The third kappa shape index (κ3) is 2.83. The molecule has 0 spiro atoms. The van der Waals surface area contributed by atoms with Crippen molar-refractivity contribution in [2.45, 2.75) is 26.2 Å². The normalized spacial score (nSPS) is 11.5. The topological polar surface area (TPSA) is 54.9 Å². The number of hydrogen-bond donors (Lipinski definition) is 1. The van der Waals surface area contributed by atoms with Crippen LogP contribution in [-0.4, -0.2) is 16.1 Å². The van der Waals surface area contributed by atoms with E-state index in [4.69, 9.17) is 0 Å². The number of nitrogens with zero attached hydrogens (tertiary/aromatic N) is 1. The first-order valence-corrected chi connectivity index (χ1v) is 7.88. The third-order valence-corrected chi connectivity index (χ3v) is 4.10. The summed E-state index contributed by atoms with van der Waals surface area (Å²) in [7, 11) is 0. The predicted molar refractivity (Wildman–Crippen MR) is 95.9 cm³/mol. The van der Waals surface area contributed by atoms with E-state index < -0.39 is 0 Å². The number of H-pyrrole nitrogens is 1. The van der Waals surface area contributed by atoms with E-state index in [0.717, 1.165) is 5.56 Å². The molecular weight excluding hydrogens is 300 g/mol. The predicted octanol–water partition coefficient (Wildman–Crippen LogP) is 3.94. The largest absolute Gasteiger partial charge is 0.298 e. The molecule has 122 valence electrons. The zero-order valence-electron chi connectivity index (χ0n) is 14.0. The zero-order valence-corrected chi connectivity index (χ0v) is 14.0. The Hall–Kier alpha value is -2.88. The molecule has 0 radical (unpaired) electrons. The van der Waals surface area contributed by atoms with E-state index >= 15 is 0 Å². The Kier molecular flexibility index (Phi) is 3.97. The highest BCUT2D eigenvalue weighted by molar-refractivity contribution is 5.85. The molecule has 0 saturated heterocycles. The lowest BCUT2D eigenvalue weighted by Crippen LogP contribution is -2.16. The van der Waals surface area contributed by atoms with Crippen LogP contribution < -0.4 is 5.56 Å². The monoisotopic (exact) mass is 320 g/mol. The van der Waals surface area contributed by atoms with Crippen molar-refractivity contribution in [1.82, 2.24) is 9.78 Å². The summed E-state index contributed by atoms with van der Waals surface area (Å²) in [5.41, 5.74) is 3.10. The minimum Gasteiger partial charge on any atom is -0.298 e. The van der Waals surface area contributed by atoms with E-state index in [9.17, 15) is 9.59 Å². The molecule has 1 aromatic heterocycles. The summed E-state index contributed by atoms with van der Waals surface area (Å²) in [6.07, 6.45) is 0.616. The number of nitrogens with one attached hydrogen (secondary N) is 1. The maximum absolute atomic E-state index is 12.5. The first-order valence-electron chi connectivity index (χ1n) is 7.88. The molecule has 0 bridgehead atoms. The van der Waals surface area contributed by atoms with E-state index in [1.165, 1.54) is 10.2 Å². The number of aldehydes is 1. The molecule has 0 saturated carbocycles. The van der Waals surface area contributed by atoms with Crippen molar-refractivity contribution in [3.63, 3.8) is 0 Å². The molecule has 24 heavy (non-hydrogen) atoms. The smallest absolute Gasteiger partial charge is 0.282 e. The van der Waals surface area contributed by atoms with Gasteiger partial charge in [-0.15, -0.1) is 0 Å². The fourth-order valence-corrected chi connectivity index (χ4v) is 2.68. The molecule has 0 fully saturated rings. The van der Waals surface area contributed by atoms with Crippen molar-refractivity contribution in [2.75, 3.05) is 0 Å². The van der Waals surface area contributed by atoms with E-state index in [0.29, 0.717) is 17.7 Å². The lowest BCUT2D eigenvalue weighted by Gasteiger charge is -2.19. The number of rotatable bonds is 3. The molecular formula is C20H20N2O2. The minimum absolute atomic E-state index is 0.0510. The Labute approximate surface area is 140 Å². The number of aromatic amines is 1. The van der Waals surface area contributed by atoms with Gasteiger partial charge in [-0.25, -0.2) is 4.68 Å². The summed E-state index contributed by atoms with van der Waals surface area (Å²) in [6.45, 7) is 6.44. The van der Waals surface area contributed by atoms with Gasteiger partial charge in [-0.05, 0) is 23.1 Å². The van der Waals surface area contributed by atoms with Crippen molar-refractivity contribution < 1.29 is 4.79 Å². The Morgan fingerprint density at radius 2 is 1.58 bits per heavy atom. The summed E-state index contributed by atoms with van der Waals surface area (Å²) in [4.78, 5) is 24.0. The summed E-state index contributed by atoms with van der Waals surface area (Å²) < 4.78 is 1.40. The highest BCUT2D eigenvalue weighted by Crippen LogP contribution is 2.26. The van der Waals surface area contributed by atoms with Crippen LogP contribution in [0.15, 0.2) is 59.4 Å². The summed E-state index contributed by atoms with van der Waals surface area (Å²) in [5, 5.41) is 3.06. The summed E-state index contributed by atoms with van der Waals surface area (Å²) in [5.74, 6) is 0. The van der Waals surface area contributed by atoms with Gasteiger partial charge in [0.2, 0.25) is 0 Å². The molecule has 0 amide bonds. The fraction of sp³-hybridized carbons (Fsp3) is 0.200. The maximum Gasteiger partial charge on any atom is 0.282 e. The first kappa shape index (κ1) is 16.0. The van der Waals surface area contributed by atoms with Gasteiger partial charge in [0.25, 0.3) is 5.56 Å². The number of carbonyl (C=O) groups is 1. The summed E-state index contributed by atoms with van der Waals surface area (Å²) in [6, 6.07) is 17.1. The zero-order chi connectivity index (χ0) is 17.3. The number of carbonyl (C=O) groups excluding carboxylic acids is 1. The molecule has 3 aromatic rings. The molecule has 0 unspecified atom stereocenters. The van der Waals surface area contributed by atoms with Crippen LogP contribution in [0.5, 0.6) is 0 Å². The number of para-hydroxylation sites is 1. The molecule has 1 heterocycles. The van der Waals surface area contributed by atoms with Gasteiger partial charge in [-0.1, -0.05) is 63.2 Å². The standard InChI is InChI=1S/C20H20N2O2/c1-20(2,3)15-11-9-14(10-12-15)18-17(13-23)19(24)22(21-18)16-7-5-4-6-8-16/h4-13,21H,1-3H3. The van der Waals surface area contributed by atoms with E-state index in [1.54, 1.807) is 0 Å². The van der Waals surface area contributed by atoms with E-state index in [1.807, 2.05) is 54.6 Å². The highest BCUT2D eigenvalue weighted by atomic mass is 16.1. The van der Waals surface area contributed by atoms with E-state index in [-0.39, 0.29) is 16.5 Å². The Bertz CT molecular complexity index is 911.